The third-order valence-electron chi connectivity index (χ3n) is 2.43. The van der Waals surface area contributed by atoms with E-state index in [9.17, 15) is 4.79 Å². The molecule has 0 aliphatic rings. The number of halogens is 1. The van der Waals surface area contributed by atoms with Crippen molar-refractivity contribution in [2.75, 3.05) is 27.2 Å². The SMILES string of the molecule is CCCC(C)CC(=O)N(C)CCNC.Cl. The van der Waals surface area contributed by atoms with Gasteiger partial charge in [0.05, 0.1) is 0 Å². The van der Waals surface area contributed by atoms with Gasteiger partial charge in [0.25, 0.3) is 0 Å². The zero-order valence-electron chi connectivity index (χ0n) is 10.4. The molecule has 0 heterocycles. The second-order valence-corrected chi connectivity index (χ2v) is 4.02. The maximum absolute atomic E-state index is 11.6. The molecular weight excluding hydrogens is 212 g/mol. The molecular formula is C11H25ClN2O. The van der Waals surface area contributed by atoms with Crippen molar-refractivity contribution in [3.05, 3.63) is 0 Å². The van der Waals surface area contributed by atoms with Gasteiger partial charge >= 0.3 is 0 Å². The molecule has 0 radical (unpaired) electrons. The summed E-state index contributed by atoms with van der Waals surface area (Å²) in [5, 5.41) is 3.04. The number of hydrogen-bond donors (Lipinski definition) is 1. The Kier molecular flexibility index (Phi) is 11.7. The Labute approximate surface area is 100 Å². The molecule has 0 saturated heterocycles. The van der Waals surface area contributed by atoms with Gasteiger partial charge in [-0.15, -0.1) is 12.4 Å². The molecule has 92 valence electrons. The summed E-state index contributed by atoms with van der Waals surface area (Å²) in [6.45, 7) is 5.97. The summed E-state index contributed by atoms with van der Waals surface area (Å²) in [5.74, 6) is 0.783. The van der Waals surface area contributed by atoms with Gasteiger partial charge in [0, 0.05) is 26.6 Å². The van der Waals surface area contributed by atoms with Crippen LogP contribution in [-0.2, 0) is 4.79 Å². The molecule has 0 aliphatic carbocycles. The van der Waals surface area contributed by atoms with E-state index >= 15 is 0 Å². The van der Waals surface area contributed by atoms with E-state index in [-0.39, 0.29) is 18.3 Å². The highest BCUT2D eigenvalue weighted by molar-refractivity contribution is 5.85. The second kappa shape index (κ2) is 10.2. The molecule has 0 rings (SSSR count). The Hall–Kier alpha value is -0.280. The van der Waals surface area contributed by atoms with Gasteiger partial charge in [-0.2, -0.15) is 0 Å². The van der Waals surface area contributed by atoms with Crippen LogP contribution < -0.4 is 5.32 Å². The monoisotopic (exact) mass is 236 g/mol. The van der Waals surface area contributed by atoms with Crippen LogP contribution in [0.2, 0.25) is 0 Å². The minimum atomic E-state index is 0. The number of nitrogens with zero attached hydrogens (tertiary/aromatic N) is 1. The lowest BCUT2D eigenvalue weighted by Crippen LogP contribution is -2.33. The first-order valence-electron chi connectivity index (χ1n) is 5.50. The van der Waals surface area contributed by atoms with E-state index in [0.717, 1.165) is 25.9 Å². The van der Waals surface area contributed by atoms with Crippen molar-refractivity contribution < 1.29 is 4.79 Å². The topological polar surface area (TPSA) is 32.3 Å². The van der Waals surface area contributed by atoms with Crippen molar-refractivity contribution >= 4 is 18.3 Å². The molecule has 0 spiro atoms. The lowest BCUT2D eigenvalue weighted by atomic mass is 10.0. The number of rotatable bonds is 7. The molecule has 1 unspecified atom stereocenters. The number of amides is 1. The maximum Gasteiger partial charge on any atom is 0.222 e. The van der Waals surface area contributed by atoms with Gasteiger partial charge < -0.3 is 10.2 Å². The first kappa shape index (κ1) is 17.1. The molecule has 1 amide bonds. The average molecular weight is 237 g/mol. The molecule has 0 aliphatic heterocycles. The van der Waals surface area contributed by atoms with Crippen LogP contribution in [0.5, 0.6) is 0 Å². The Morgan fingerprint density at radius 1 is 1.47 bits per heavy atom. The summed E-state index contributed by atoms with van der Waals surface area (Å²) < 4.78 is 0. The fourth-order valence-electron chi connectivity index (χ4n) is 1.45. The van der Waals surface area contributed by atoms with Gasteiger partial charge in [0.15, 0.2) is 0 Å². The van der Waals surface area contributed by atoms with Crippen LogP contribution in [0, 0.1) is 5.92 Å². The van der Waals surface area contributed by atoms with E-state index in [1.54, 1.807) is 0 Å². The summed E-state index contributed by atoms with van der Waals surface area (Å²) in [6, 6.07) is 0. The molecule has 15 heavy (non-hydrogen) atoms. The average Bonchev–Trinajstić information content (AvgIpc) is 2.14. The summed E-state index contributed by atoms with van der Waals surface area (Å²) >= 11 is 0. The third-order valence-corrected chi connectivity index (χ3v) is 2.43. The zero-order chi connectivity index (χ0) is 11.0. The van der Waals surface area contributed by atoms with Crippen molar-refractivity contribution in [2.45, 2.75) is 33.1 Å². The van der Waals surface area contributed by atoms with Crippen LogP contribution in [0.1, 0.15) is 33.1 Å². The number of carbonyl (C=O) groups is 1. The van der Waals surface area contributed by atoms with Crippen molar-refractivity contribution in [1.29, 1.82) is 0 Å². The van der Waals surface area contributed by atoms with E-state index in [0.29, 0.717) is 12.3 Å². The summed E-state index contributed by atoms with van der Waals surface area (Å²) in [7, 11) is 3.77. The maximum atomic E-state index is 11.6. The van der Waals surface area contributed by atoms with Gasteiger partial charge in [0.2, 0.25) is 5.91 Å². The molecule has 0 saturated carbocycles. The highest BCUT2D eigenvalue weighted by Crippen LogP contribution is 2.10. The Balaban J connectivity index is 0. The fraction of sp³-hybridized carbons (Fsp3) is 0.909. The Morgan fingerprint density at radius 3 is 2.53 bits per heavy atom. The molecule has 1 N–H and O–H groups in total. The molecule has 0 aromatic rings. The van der Waals surface area contributed by atoms with Crippen LogP contribution in [0.4, 0.5) is 0 Å². The zero-order valence-corrected chi connectivity index (χ0v) is 11.2. The van der Waals surface area contributed by atoms with Crippen LogP contribution >= 0.6 is 12.4 Å². The molecule has 0 fully saturated rings. The van der Waals surface area contributed by atoms with Crippen molar-refractivity contribution in [2.24, 2.45) is 5.92 Å². The van der Waals surface area contributed by atoms with Crippen LogP contribution in [-0.4, -0.2) is 38.0 Å². The normalized spacial score (nSPS) is 11.7. The van der Waals surface area contributed by atoms with E-state index in [4.69, 9.17) is 0 Å². The van der Waals surface area contributed by atoms with E-state index in [1.807, 2.05) is 19.0 Å². The highest BCUT2D eigenvalue weighted by Gasteiger charge is 2.11. The molecule has 3 nitrogen and oxygen atoms in total. The lowest BCUT2D eigenvalue weighted by molar-refractivity contribution is -0.130. The lowest BCUT2D eigenvalue weighted by Gasteiger charge is -2.19. The molecule has 4 heteroatoms. The predicted molar refractivity (Wildman–Crippen MR) is 67.5 cm³/mol. The van der Waals surface area contributed by atoms with Gasteiger partial charge in [0.1, 0.15) is 0 Å². The van der Waals surface area contributed by atoms with Gasteiger partial charge in [-0.05, 0) is 13.0 Å². The van der Waals surface area contributed by atoms with Crippen LogP contribution in [0.3, 0.4) is 0 Å². The van der Waals surface area contributed by atoms with Crippen molar-refractivity contribution in [3.8, 4) is 0 Å². The van der Waals surface area contributed by atoms with Crippen LogP contribution in [0.15, 0.2) is 0 Å². The van der Waals surface area contributed by atoms with Gasteiger partial charge in [-0.3, -0.25) is 4.79 Å². The predicted octanol–water partition coefficient (Wildman–Crippen LogP) is 1.91. The number of hydrogen-bond acceptors (Lipinski definition) is 2. The van der Waals surface area contributed by atoms with Crippen molar-refractivity contribution in [3.63, 3.8) is 0 Å². The summed E-state index contributed by atoms with van der Waals surface area (Å²) in [5.41, 5.74) is 0. The van der Waals surface area contributed by atoms with Crippen molar-refractivity contribution in [1.82, 2.24) is 10.2 Å². The number of nitrogens with one attached hydrogen (secondary N) is 1. The minimum Gasteiger partial charge on any atom is -0.344 e. The summed E-state index contributed by atoms with van der Waals surface area (Å²) in [4.78, 5) is 13.4. The van der Waals surface area contributed by atoms with E-state index < -0.39 is 0 Å². The number of carbonyl (C=O) groups excluding carboxylic acids is 1. The third kappa shape index (κ3) is 8.70. The largest absolute Gasteiger partial charge is 0.344 e. The standard InChI is InChI=1S/C11H24N2O.ClH/c1-5-6-10(2)9-11(14)13(4)8-7-12-3;/h10,12H,5-9H2,1-4H3;1H. The smallest absolute Gasteiger partial charge is 0.222 e. The minimum absolute atomic E-state index is 0. The first-order chi connectivity index (χ1) is 6.61. The Morgan fingerprint density at radius 2 is 2.07 bits per heavy atom. The summed E-state index contributed by atoms with van der Waals surface area (Å²) in [6.07, 6.45) is 2.99. The second-order valence-electron chi connectivity index (χ2n) is 4.02. The molecule has 0 aromatic heterocycles. The molecule has 1 atom stereocenters. The van der Waals surface area contributed by atoms with Gasteiger partial charge in [-0.1, -0.05) is 26.7 Å². The van der Waals surface area contributed by atoms with Gasteiger partial charge in [-0.25, -0.2) is 0 Å². The first-order valence-corrected chi connectivity index (χ1v) is 5.50. The number of likely N-dealkylation sites (N-methyl/N-ethyl adjacent to an activating group) is 2. The fourth-order valence-corrected chi connectivity index (χ4v) is 1.45. The quantitative estimate of drug-likeness (QED) is 0.733. The molecule has 0 aromatic carbocycles. The van der Waals surface area contributed by atoms with Crippen LogP contribution in [0.25, 0.3) is 0 Å². The van der Waals surface area contributed by atoms with E-state index in [1.165, 1.54) is 0 Å². The Bertz CT molecular complexity index is 165. The van der Waals surface area contributed by atoms with E-state index in [2.05, 4.69) is 19.2 Å². The highest BCUT2D eigenvalue weighted by atomic mass is 35.5. The molecule has 0 bridgehead atoms.